The zero-order chi connectivity index (χ0) is 20.8. The molecule has 29 heavy (non-hydrogen) atoms. The molecule has 0 saturated carbocycles. The molecule has 150 valence electrons. The average molecular weight is 414 g/mol. The molecule has 0 aliphatic carbocycles. The first-order valence-corrected chi connectivity index (χ1v) is 9.80. The molecule has 2 heterocycles. The first-order chi connectivity index (χ1) is 13.7. The predicted octanol–water partition coefficient (Wildman–Crippen LogP) is 5.35. The molecule has 1 aliphatic rings. The summed E-state index contributed by atoms with van der Waals surface area (Å²) in [5.74, 6) is -0.116. The summed E-state index contributed by atoms with van der Waals surface area (Å²) in [5.41, 5.74) is 2.30. The standard InChI is InChI=1S/C22H21ClFN3O2/c1-22(2,3)15-6-4-13(5-7-15)21-25-20(26-29-21)14-10-19(28)27(12-14)18-9-8-16(23)11-17(18)24/h4-9,11,14H,10,12H2,1-3H3. The van der Waals surface area contributed by atoms with Crippen LogP contribution >= 0.6 is 11.6 Å². The molecule has 0 bridgehead atoms. The van der Waals surface area contributed by atoms with Gasteiger partial charge in [-0.15, -0.1) is 0 Å². The molecule has 3 aromatic rings. The molecule has 7 heteroatoms. The van der Waals surface area contributed by atoms with Crippen LogP contribution in [0.5, 0.6) is 0 Å². The Hall–Kier alpha value is -2.73. The Morgan fingerprint density at radius 1 is 1.17 bits per heavy atom. The lowest BCUT2D eigenvalue weighted by Crippen LogP contribution is -2.25. The van der Waals surface area contributed by atoms with E-state index in [2.05, 4.69) is 30.9 Å². The number of hydrogen-bond donors (Lipinski definition) is 0. The number of carbonyl (C=O) groups excluding carboxylic acids is 1. The van der Waals surface area contributed by atoms with Gasteiger partial charge in [-0.2, -0.15) is 4.98 Å². The van der Waals surface area contributed by atoms with Gasteiger partial charge in [-0.3, -0.25) is 4.79 Å². The zero-order valence-corrected chi connectivity index (χ0v) is 17.2. The molecule has 2 aromatic carbocycles. The Balaban J connectivity index is 1.53. The summed E-state index contributed by atoms with van der Waals surface area (Å²) < 4.78 is 19.6. The van der Waals surface area contributed by atoms with Gasteiger partial charge >= 0.3 is 0 Å². The van der Waals surface area contributed by atoms with Crippen LogP contribution in [0, 0.1) is 5.82 Å². The molecule has 0 spiro atoms. The molecule has 1 amide bonds. The van der Waals surface area contributed by atoms with Crippen LogP contribution in [-0.2, 0) is 10.2 Å². The monoisotopic (exact) mass is 413 g/mol. The molecule has 4 rings (SSSR count). The van der Waals surface area contributed by atoms with Gasteiger partial charge in [-0.05, 0) is 41.3 Å². The molecule has 1 unspecified atom stereocenters. The van der Waals surface area contributed by atoms with E-state index in [4.69, 9.17) is 16.1 Å². The number of nitrogens with zero attached hydrogens (tertiary/aromatic N) is 3. The van der Waals surface area contributed by atoms with Gasteiger partial charge in [0.15, 0.2) is 5.82 Å². The van der Waals surface area contributed by atoms with Gasteiger partial charge in [0, 0.05) is 29.5 Å². The summed E-state index contributed by atoms with van der Waals surface area (Å²) in [5, 5.41) is 4.35. The van der Waals surface area contributed by atoms with Crippen LogP contribution in [0.1, 0.15) is 44.5 Å². The minimum Gasteiger partial charge on any atom is -0.334 e. The van der Waals surface area contributed by atoms with Crippen LogP contribution in [0.15, 0.2) is 47.0 Å². The van der Waals surface area contributed by atoms with E-state index in [1.165, 1.54) is 22.6 Å². The summed E-state index contributed by atoms with van der Waals surface area (Å²) in [4.78, 5) is 18.3. The van der Waals surface area contributed by atoms with Gasteiger partial charge < -0.3 is 9.42 Å². The highest BCUT2D eigenvalue weighted by molar-refractivity contribution is 6.30. The second kappa shape index (κ2) is 7.26. The highest BCUT2D eigenvalue weighted by Gasteiger charge is 2.35. The van der Waals surface area contributed by atoms with Crippen LogP contribution < -0.4 is 4.90 Å². The van der Waals surface area contributed by atoms with Gasteiger partial charge in [0.2, 0.25) is 5.91 Å². The number of anilines is 1. The van der Waals surface area contributed by atoms with Crippen molar-refractivity contribution < 1.29 is 13.7 Å². The molecule has 0 radical (unpaired) electrons. The minimum absolute atomic E-state index is 0.0587. The van der Waals surface area contributed by atoms with Gasteiger partial charge in [0.1, 0.15) is 5.82 Å². The molecular weight excluding hydrogens is 393 g/mol. The van der Waals surface area contributed by atoms with Crippen LogP contribution in [0.3, 0.4) is 0 Å². The second-order valence-electron chi connectivity index (χ2n) is 8.29. The maximum atomic E-state index is 14.2. The van der Waals surface area contributed by atoms with Crippen molar-refractivity contribution in [1.82, 2.24) is 10.1 Å². The number of amides is 1. The number of aromatic nitrogens is 2. The van der Waals surface area contributed by atoms with Gasteiger partial charge in [0.05, 0.1) is 5.69 Å². The van der Waals surface area contributed by atoms with Gasteiger partial charge in [-0.25, -0.2) is 4.39 Å². The number of carbonyl (C=O) groups is 1. The Morgan fingerprint density at radius 3 is 2.55 bits per heavy atom. The average Bonchev–Trinajstić information content (AvgIpc) is 3.28. The van der Waals surface area contributed by atoms with Crippen molar-refractivity contribution >= 4 is 23.2 Å². The van der Waals surface area contributed by atoms with Crippen LogP contribution in [0.4, 0.5) is 10.1 Å². The van der Waals surface area contributed by atoms with E-state index in [1.807, 2.05) is 24.3 Å². The maximum Gasteiger partial charge on any atom is 0.257 e. The fourth-order valence-electron chi connectivity index (χ4n) is 3.44. The molecule has 1 atom stereocenters. The molecule has 0 N–H and O–H groups in total. The lowest BCUT2D eigenvalue weighted by molar-refractivity contribution is -0.117. The van der Waals surface area contributed by atoms with E-state index in [0.717, 1.165) is 5.56 Å². The Labute approximate surface area is 173 Å². The van der Waals surface area contributed by atoms with Crippen molar-refractivity contribution in [2.24, 2.45) is 0 Å². The lowest BCUT2D eigenvalue weighted by Gasteiger charge is -2.18. The number of hydrogen-bond acceptors (Lipinski definition) is 4. The SMILES string of the molecule is CC(C)(C)c1ccc(-c2nc(C3CC(=O)N(c4ccc(Cl)cc4F)C3)no2)cc1. The van der Waals surface area contributed by atoms with Crippen molar-refractivity contribution in [2.45, 2.75) is 38.5 Å². The summed E-state index contributed by atoms with van der Waals surface area (Å²) in [6, 6.07) is 12.3. The number of halogens is 2. The molecule has 1 saturated heterocycles. The topological polar surface area (TPSA) is 59.2 Å². The smallest absolute Gasteiger partial charge is 0.257 e. The van der Waals surface area contributed by atoms with Crippen molar-refractivity contribution in [1.29, 1.82) is 0 Å². The highest BCUT2D eigenvalue weighted by Crippen LogP contribution is 2.34. The molecule has 1 aromatic heterocycles. The Morgan fingerprint density at radius 2 is 1.90 bits per heavy atom. The fourth-order valence-corrected chi connectivity index (χ4v) is 3.60. The van der Waals surface area contributed by atoms with Crippen LogP contribution in [-0.4, -0.2) is 22.6 Å². The van der Waals surface area contributed by atoms with Crippen molar-refractivity contribution in [3.05, 3.63) is 64.7 Å². The van der Waals surface area contributed by atoms with E-state index < -0.39 is 5.82 Å². The summed E-state index contributed by atoms with van der Waals surface area (Å²) >= 11 is 5.80. The van der Waals surface area contributed by atoms with E-state index in [0.29, 0.717) is 18.3 Å². The third kappa shape index (κ3) is 3.90. The summed E-state index contributed by atoms with van der Waals surface area (Å²) in [7, 11) is 0. The largest absolute Gasteiger partial charge is 0.334 e. The molecule has 1 aliphatic heterocycles. The third-order valence-corrected chi connectivity index (χ3v) is 5.37. The first-order valence-electron chi connectivity index (χ1n) is 9.42. The second-order valence-corrected chi connectivity index (χ2v) is 8.72. The van der Waals surface area contributed by atoms with Crippen molar-refractivity contribution in [2.75, 3.05) is 11.4 Å². The normalized spacial score (nSPS) is 17.2. The quantitative estimate of drug-likeness (QED) is 0.581. The van der Waals surface area contributed by atoms with Gasteiger partial charge in [0.25, 0.3) is 5.89 Å². The van der Waals surface area contributed by atoms with Crippen LogP contribution in [0.2, 0.25) is 5.02 Å². The number of benzene rings is 2. The number of rotatable bonds is 3. The van der Waals surface area contributed by atoms with E-state index in [1.54, 1.807) is 6.07 Å². The van der Waals surface area contributed by atoms with Crippen molar-refractivity contribution in [3.8, 4) is 11.5 Å². The third-order valence-electron chi connectivity index (χ3n) is 5.13. The summed E-state index contributed by atoms with van der Waals surface area (Å²) in [6.07, 6.45) is 0.198. The zero-order valence-electron chi connectivity index (χ0n) is 16.4. The highest BCUT2D eigenvalue weighted by atomic mass is 35.5. The minimum atomic E-state index is -0.528. The summed E-state index contributed by atoms with van der Waals surface area (Å²) in [6.45, 7) is 6.75. The lowest BCUT2D eigenvalue weighted by atomic mass is 9.87. The van der Waals surface area contributed by atoms with E-state index in [-0.39, 0.29) is 34.4 Å². The fraction of sp³-hybridized carbons (Fsp3) is 0.318. The van der Waals surface area contributed by atoms with Crippen molar-refractivity contribution in [3.63, 3.8) is 0 Å². The molecule has 1 fully saturated rings. The Kier molecular flexibility index (Phi) is 4.90. The Bertz CT molecular complexity index is 1060. The van der Waals surface area contributed by atoms with Crippen LogP contribution in [0.25, 0.3) is 11.5 Å². The molecular formula is C22H21ClFN3O2. The first kappa shape index (κ1) is 19.6. The van der Waals surface area contributed by atoms with Gasteiger partial charge in [-0.1, -0.05) is 49.7 Å². The molecule has 5 nitrogen and oxygen atoms in total. The van der Waals surface area contributed by atoms with E-state index in [9.17, 15) is 9.18 Å². The maximum absolute atomic E-state index is 14.2. The van der Waals surface area contributed by atoms with E-state index >= 15 is 0 Å². The predicted molar refractivity (Wildman–Crippen MR) is 110 cm³/mol.